The largest absolute Gasteiger partial charge is 0.409 e. The highest BCUT2D eigenvalue weighted by Gasteiger charge is 2.23. The molecule has 124 valence electrons. The second kappa shape index (κ2) is 7.73. The summed E-state index contributed by atoms with van der Waals surface area (Å²) in [6, 6.07) is 5.39. The molecule has 0 aromatic heterocycles. The van der Waals surface area contributed by atoms with Gasteiger partial charge in [-0.1, -0.05) is 29.4 Å². The number of piperidine rings is 1. The van der Waals surface area contributed by atoms with E-state index >= 15 is 0 Å². The molecule has 1 atom stereocenters. The number of nitrogens with zero attached hydrogens (tertiary/aromatic N) is 2. The molecule has 7 nitrogen and oxygen atoms in total. The van der Waals surface area contributed by atoms with E-state index in [-0.39, 0.29) is 23.9 Å². The minimum absolute atomic E-state index is 0.0147. The quantitative estimate of drug-likeness (QED) is 0.242. The van der Waals surface area contributed by atoms with Gasteiger partial charge in [0, 0.05) is 30.6 Å². The van der Waals surface area contributed by atoms with Crippen molar-refractivity contribution in [3.8, 4) is 0 Å². The third kappa shape index (κ3) is 4.29. The minimum atomic E-state index is -0.862. The van der Waals surface area contributed by atoms with Gasteiger partial charge in [0.05, 0.1) is 6.04 Å². The average Bonchev–Trinajstić information content (AvgIpc) is 2.61. The van der Waals surface area contributed by atoms with Crippen LogP contribution in [0.5, 0.6) is 0 Å². The molecule has 1 aromatic carbocycles. The maximum Gasteiger partial charge on any atom is 0.224 e. The van der Waals surface area contributed by atoms with Crippen molar-refractivity contribution in [2.75, 3.05) is 13.1 Å². The Labute approximate surface area is 134 Å². The normalized spacial score (nSPS) is 16.9. The Morgan fingerprint density at radius 2 is 1.70 bits per heavy atom. The van der Waals surface area contributed by atoms with E-state index in [4.69, 9.17) is 16.7 Å². The van der Waals surface area contributed by atoms with Crippen LogP contribution in [0.15, 0.2) is 29.4 Å². The lowest BCUT2D eigenvalue weighted by atomic mass is 10.00. The van der Waals surface area contributed by atoms with Crippen molar-refractivity contribution in [2.45, 2.75) is 31.7 Å². The Balaban J connectivity index is 1.97. The number of amides is 1. The van der Waals surface area contributed by atoms with Gasteiger partial charge in [0.15, 0.2) is 11.6 Å². The van der Waals surface area contributed by atoms with E-state index < -0.39 is 6.04 Å². The first-order valence-corrected chi connectivity index (χ1v) is 7.68. The van der Waals surface area contributed by atoms with Crippen molar-refractivity contribution < 1.29 is 14.8 Å². The van der Waals surface area contributed by atoms with E-state index in [0.717, 1.165) is 32.4 Å². The Kier molecular flexibility index (Phi) is 5.70. The van der Waals surface area contributed by atoms with Crippen LogP contribution in [0.3, 0.4) is 0 Å². The van der Waals surface area contributed by atoms with E-state index in [1.54, 1.807) is 29.2 Å². The van der Waals surface area contributed by atoms with Gasteiger partial charge in [-0.2, -0.15) is 0 Å². The topological polar surface area (TPSA) is 122 Å². The second-order valence-electron chi connectivity index (χ2n) is 5.68. The first-order chi connectivity index (χ1) is 11.0. The summed E-state index contributed by atoms with van der Waals surface area (Å²) in [5.41, 5.74) is 12.3. The summed E-state index contributed by atoms with van der Waals surface area (Å²) in [4.78, 5) is 26.2. The summed E-state index contributed by atoms with van der Waals surface area (Å²) >= 11 is 0. The number of amidine groups is 1. The molecule has 0 bridgehead atoms. The number of ketones is 1. The fraction of sp³-hybridized carbons (Fsp3) is 0.438. The SMILES string of the molecule is NC(=NO)c1ccc(C(=O)C(N)CC(=O)N2CCCCC2)cc1. The molecule has 1 aromatic rings. The van der Waals surface area contributed by atoms with Crippen molar-refractivity contribution >= 4 is 17.5 Å². The molecule has 1 saturated heterocycles. The number of carbonyl (C=O) groups excluding carboxylic acids is 2. The minimum Gasteiger partial charge on any atom is -0.409 e. The van der Waals surface area contributed by atoms with Gasteiger partial charge in [-0.15, -0.1) is 0 Å². The molecule has 1 unspecified atom stereocenters. The first kappa shape index (κ1) is 17.0. The maximum atomic E-state index is 12.3. The lowest BCUT2D eigenvalue weighted by Gasteiger charge is -2.27. The lowest BCUT2D eigenvalue weighted by Crippen LogP contribution is -2.41. The summed E-state index contributed by atoms with van der Waals surface area (Å²) < 4.78 is 0. The fourth-order valence-corrected chi connectivity index (χ4v) is 2.63. The molecule has 1 heterocycles. The number of Topliss-reactive ketones (excluding diaryl/α,β-unsaturated/α-hetero) is 1. The Bertz CT molecular complexity index is 592. The van der Waals surface area contributed by atoms with Gasteiger partial charge < -0.3 is 21.6 Å². The van der Waals surface area contributed by atoms with Crippen LogP contribution in [0.4, 0.5) is 0 Å². The number of benzene rings is 1. The van der Waals surface area contributed by atoms with Gasteiger partial charge >= 0.3 is 0 Å². The highest BCUT2D eigenvalue weighted by molar-refractivity contribution is 6.03. The van der Waals surface area contributed by atoms with Crippen LogP contribution < -0.4 is 11.5 Å². The van der Waals surface area contributed by atoms with Gasteiger partial charge in [-0.05, 0) is 19.3 Å². The van der Waals surface area contributed by atoms with E-state index in [0.29, 0.717) is 11.1 Å². The van der Waals surface area contributed by atoms with Crippen LogP contribution in [0.2, 0.25) is 0 Å². The summed E-state index contributed by atoms with van der Waals surface area (Å²) in [6.45, 7) is 1.49. The van der Waals surface area contributed by atoms with E-state index in [2.05, 4.69) is 5.16 Å². The maximum absolute atomic E-state index is 12.3. The van der Waals surface area contributed by atoms with Crippen LogP contribution in [0.1, 0.15) is 41.6 Å². The van der Waals surface area contributed by atoms with Crippen molar-refractivity contribution in [1.82, 2.24) is 4.90 Å². The fourth-order valence-electron chi connectivity index (χ4n) is 2.63. The standard InChI is InChI=1S/C16H22N4O3/c17-13(10-14(21)20-8-2-1-3-9-20)15(22)11-4-6-12(7-5-11)16(18)19-23/h4-7,13,23H,1-3,8-10,17H2,(H2,18,19). The van der Waals surface area contributed by atoms with Gasteiger partial charge in [0.1, 0.15) is 0 Å². The van der Waals surface area contributed by atoms with E-state index in [9.17, 15) is 9.59 Å². The number of nitrogens with two attached hydrogens (primary N) is 2. The molecule has 1 amide bonds. The number of carbonyl (C=O) groups is 2. The van der Waals surface area contributed by atoms with Gasteiger partial charge in [-0.25, -0.2) is 0 Å². The van der Waals surface area contributed by atoms with Crippen LogP contribution in [0, 0.1) is 0 Å². The smallest absolute Gasteiger partial charge is 0.224 e. The predicted molar refractivity (Wildman–Crippen MR) is 86.3 cm³/mol. The predicted octanol–water partition coefficient (Wildman–Crippen LogP) is 0.694. The number of hydrogen-bond donors (Lipinski definition) is 3. The summed E-state index contributed by atoms with van der Waals surface area (Å²) in [7, 11) is 0. The zero-order chi connectivity index (χ0) is 16.8. The Hall–Kier alpha value is -2.41. The number of rotatable bonds is 5. The summed E-state index contributed by atoms with van der Waals surface area (Å²) in [5.74, 6) is -0.395. The number of hydrogen-bond acceptors (Lipinski definition) is 5. The Morgan fingerprint density at radius 1 is 1.13 bits per heavy atom. The molecular formula is C16H22N4O3. The highest BCUT2D eigenvalue weighted by Crippen LogP contribution is 2.13. The van der Waals surface area contributed by atoms with E-state index in [1.165, 1.54) is 0 Å². The third-order valence-corrected chi connectivity index (χ3v) is 4.01. The van der Waals surface area contributed by atoms with Gasteiger partial charge in [0.25, 0.3) is 0 Å². The monoisotopic (exact) mass is 318 g/mol. The van der Waals surface area contributed by atoms with Crippen molar-refractivity contribution in [2.24, 2.45) is 16.6 Å². The summed E-state index contributed by atoms with van der Waals surface area (Å²) in [5, 5.41) is 11.5. The van der Waals surface area contributed by atoms with Gasteiger partial charge in [0.2, 0.25) is 5.91 Å². The molecule has 0 saturated carbocycles. The zero-order valence-electron chi connectivity index (χ0n) is 12.9. The number of oxime groups is 1. The summed E-state index contributed by atoms with van der Waals surface area (Å²) in [6.07, 6.45) is 3.16. The molecule has 1 fully saturated rings. The lowest BCUT2D eigenvalue weighted by molar-refractivity contribution is -0.132. The van der Waals surface area contributed by atoms with Crippen molar-refractivity contribution in [3.63, 3.8) is 0 Å². The second-order valence-corrected chi connectivity index (χ2v) is 5.68. The third-order valence-electron chi connectivity index (χ3n) is 4.01. The molecule has 1 aliphatic rings. The first-order valence-electron chi connectivity index (χ1n) is 7.68. The van der Waals surface area contributed by atoms with Gasteiger partial charge in [-0.3, -0.25) is 9.59 Å². The molecule has 1 aliphatic heterocycles. The van der Waals surface area contributed by atoms with Crippen LogP contribution >= 0.6 is 0 Å². The molecule has 0 spiro atoms. The highest BCUT2D eigenvalue weighted by atomic mass is 16.4. The molecule has 0 aliphatic carbocycles. The van der Waals surface area contributed by atoms with Crippen molar-refractivity contribution in [1.29, 1.82) is 0 Å². The number of likely N-dealkylation sites (tertiary alicyclic amines) is 1. The van der Waals surface area contributed by atoms with Crippen LogP contribution in [-0.4, -0.2) is 46.8 Å². The van der Waals surface area contributed by atoms with Crippen molar-refractivity contribution in [3.05, 3.63) is 35.4 Å². The van der Waals surface area contributed by atoms with E-state index in [1.807, 2.05) is 0 Å². The molecule has 7 heteroatoms. The van der Waals surface area contributed by atoms with Crippen LogP contribution in [0.25, 0.3) is 0 Å². The van der Waals surface area contributed by atoms with Crippen LogP contribution in [-0.2, 0) is 4.79 Å². The molecule has 0 radical (unpaired) electrons. The zero-order valence-corrected chi connectivity index (χ0v) is 12.9. The Morgan fingerprint density at radius 3 is 2.26 bits per heavy atom. The molecule has 2 rings (SSSR count). The average molecular weight is 318 g/mol. The molecule has 5 N–H and O–H groups in total. The molecular weight excluding hydrogens is 296 g/mol. The molecule has 23 heavy (non-hydrogen) atoms.